The molecule has 6 heteroatoms. The number of nitrogens with zero attached hydrogens (tertiary/aromatic N) is 3. The molecule has 0 amide bonds. The first-order valence-corrected chi connectivity index (χ1v) is 7.50. The number of rotatable bonds is 3. The van der Waals surface area contributed by atoms with Crippen LogP contribution in [0.4, 0.5) is 0 Å². The van der Waals surface area contributed by atoms with Gasteiger partial charge in [-0.05, 0) is 23.8 Å². The van der Waals surface area contributed by atoms with Crippen LogP contribution in [0.3, 0.4) is 0 Å². The van der Waals surface area contributed by atoms with Crippen molar-refractivity contribution in [2.75, 3.05) is 0 Å². The lowest BCUT2D eigenvalue weighted by molar-refractivity contribution is 1.01. The molecule has 1 aromatic carbocycles. The molecule has 3 aromatic rings. The van der Waals surface area contributed by atoms with Gasteiger partial charge < -0.3 is 0 Å². The van der Waals surface area contributed by atoms with Crippen LogP contribution in [0.5, 0.6) is 0 Å². The van der Waals surface area contributed by atoms with Crippen molar-refractivity contribution in [3.05, 3.63) is 46.6 Å². The summed E-state index contributed by atoms with van der Waals surface area (Å²) in [6.07, 6.45) is 1.79. The quantitative estimate of drug-likeness (QED) is 0.683. The molecule has 3 rings (SSSR count). The van der Waals surface area contributed by atoms with E-state index in [0.29, 0.717) is 0 Å². The van der Waals surface area contributed by atoms with Gasteiger partial charge in [-0.15, -0.1) is 10.2 Å². The van der Waals surface area contributed by atoms with Gasteiger partial charge in [0.05, 0.1) is 5.52 Å². The fourth-order valence-electron chi connectivity index (χ4n) is 1.68. The van der Waals surface area contributed by atoms with Crippen molar-refractivity contribution in [3.63, 3.8) is 0 Å². The average Bonchev–Trinajstić information content (AvgIpc) is 2.92. The Morgan fingerprint density at radius 1 is 1.28 bits per heavy atom. The Morgan fingerprint density at radius 2 is 2.22 bits per heavy atom. The highest BCUT2D eigenvalue weighted by Crippen LogP contribution is 2.30. The Bertz CT molecular complexity index is 670. The van der Waals surface area contributed by atoms with Crippen LogP contribution in [-0.2, 0) is 5.75 Å². The standard InChI is InChI=1S/C12H8ClN3S2/c13-10-4-3-8(6-17-12-16-15-7-18-12)11-9(10)2-1-5-14-11/h1-5,7H,6H2. The van der Waals surface area contributed by atoms with Crippen molar-refractivity contribution < 1.29 is 0 Å². The topological polar surface area (TPSA) is 38.7 Å². The van der Waals surface area contributed by atoms with E-state index in [9.17, 15) is 0 Å². The predicted octanol–water partition coefficient (Wildman–Crippen LogP) is 4.03. The molecular weight excluding hydrogens is 286 g/mol. The van der Waals surface area contributed by atoms with Crippen LogP contribution in [0.15, 0.2) is 40.3 Å². The normalized spacial score (nSPS) is 10.9. The molecule has 0 aliphatic rings. The minimum Gasteiger partial charge on any atom is -0.256 e. The van der Waals surface area contributed by atoms with Gasteiger partial charge in [0.15, 0.2) is 4.34 Å². The fourth-order valence-corrected chi connectivity index (χ4v) is 3.37. The zero-order valence-corrected chi connectivity index (χ0v) is 11.6. The molecule has 0 saturated carbocycles. The largest absolute Gasteiger partial charge is 0.256 e. The third-order valence-electron chi connectivity index (χ3n) is 2.49. The lowest BCUT2D eigenvalue weighted by Gasteiger charge is -2.05. The minimum absolute atomic E-state index is 0.739. The third kappa shape index (κ3) is 2.34. The molecule has 90 valence electrons. The van der Waals surface area contributed by atoms with Crippen molar-refractivity contribution in [3.8, 4) is 0 Å². The number of hydrogen-bond donors (Lipinski definition) is 0. The van der Waals surface area contributed by atoms with Crippen LogP contribution >= 0.6 is 34.7 Å². The number of fused-ring (bicyclic) bond motifs is 1. The van der Waals surface area contributed by atoms with Crippen LogP contribution < -0.4 is 0 Å². The highest BCUT2D eigenvalue weighted by atomic mass is 35.5. The summed E-state index contributed by atoms with van der Waals surface area (Å²) in [7, 11) is 0. The Kier molecular flexibility index (Phi) is 3.45. The van der Waals surface area contributed by atoms with E-state index in [1.54, 1.807) is 34.8 Å². The number of pyridine rings is 1. The van der Waals surface area contributed by atoms with Gasteiger partial charge in [-0.25, -0.2) is 0 Å². The van der Waals surface area contributed by atoms with Crippen LogP contribution in [0.2, 0.25) is 5.02 Å². The van der Waals surface area contributed by atoms with Crippen molar-refractivity contribution in [1.82, 2.24) is 15.2 Å². The zero-order chi connectivity index (χ0) is 12.4. The lowest BCUT2D eigenvalue weighted by Crippen LogP contribution is -1.88. The van der Waals surface area contributed by atoms with Crippen molar-refractivity contribution >= 4 is 45.6 Å². The molecule has 0 atom stereocenters. The van der Waals surface area contributed by atoms with Crippen molar-refractivity contribution in [1.29, 1.82) is 0 Å². The second kappa shape index (κ2) is 5.22. The van der Waals surface area contributed by atoms with Crippen LogP contribution in [0.25, 0.3) is 10.9 Å². The summed E-state index contributed by atoms with van der Waals surface area (Å²) in [5.74, 6) is 0.819. The van der Waals surface area contributed by atoms with Gasteiger partial charge in [0.1, 0.15) is 5.51 Å². The van der Waals surface area contributed by atoms with E-state index in [1.165, 1.54) is 0 Å². The molecule has 18 heavy (non-hydrogen) atoms. The fraction of sp³-hybridized carbons (Fsp3) is 0.0833. The molecule has 0 unspecified atom stereocenters. The van der Waals surface area contributed by atoms with E-state index in [1.807, 2.05) is 24.3 Å². The van der Waals surface area contributed by atoms with E-state index in [2.05, 4.69) is 15.2 Å². The summed E-state index contributed by atoms with van der Waals surface area (Å²) in [4.78, 5) is 4.41. The van der Waals surface area contributed by atoms with E-state index in [0.717, 1.165) is 31.6 Å². The molecule has 0 aliphatic heterocycles. The van der Waals surface area contributed by atoms with Gasteiger partial charge >= 0.3 is 0 Å². The number of hydrogen-bond acceptors (Lipinski definition) is 5. The van der Waals surface area contributed by atoms with E-state index in [-0.39, 0.29) is 0 Å². The molecule has 0 radical (unpaired) electrons. The van der Waals surface area contributed by atoms with Crippen LogP contribution in [0.1, 0.15) is 5.56 Å². The van der Waals surface area contributed by atoms with Crippen LogP contribution in [0, 0.1) is 0 Å². The van der Waals surface area contributed by atoms with Gasteiger partial charge in [-0.3, -0.25) is 4.98 Å². The van der Waals surface area contributed by atoms with E-state index in [4.69, 9.17) is 11.6 Å². The molecular formula is C12H8ClN3S2. The number of benzene rings is 1. The first-order chi connectivity index (χ1) is 8.84. The Balaban J connectivity index is 1.94. The summed E-state index contributed by atoms with van der Waals surface area (Å²) in [6, 6.07) is 7.83. The molecule has 0 fully saturated rings. The average molecular weight is 294 g/mol. The first-order valence-electron chi connectivity index (χ1n) is 5.25. The van der Waals surface area contributed by atoms with Gasteiger partial charge in [0.25, 0.3) is 0 Å². The molecule has 0 bridgehead atoms. The van der Waals surface area contributed by atoms with Gasteiger partial charge in [-0.1, -0.05) is 40.8 Å². The number of halogens is 1. The summed E-state index contributed by atoms with van der Waals surface area (Å²) in [5.41, 5.74) is 3.86. The zero-order valence-electron chi connectivity index (χ0n) is 9.21. The lowest BCUT2D eigenvalue weighted by atomic mass is 10.1. The minimum atomic E-state index is 0.739. The number of thioether (sulfide) groups is 1. The molecule has 2 heterocycles. The predicted molar refractivity (Wildman–Crippen MR) is 76.2 cm³/mol. The maximum atomic E-state index is 6.16. The molecule has 2 aromatic heterocycles. The summed E-state index contributed by atoms with van der Waals surface area (Å²) < 4.78 is 0.967. The highest BCUT2D eigenvalue weighted by molar-refractivity contribution is 8.00. The first kappa shape index (κ1) is 11.9. The number of aromatic nitrogens is 3. The molecule has 0 spiro atoms. The third-order valence-corrected chi connectivity index (χ3v) is 4.73. The molecule has 0 aliphatic carbocycles. The summed E-state index contributed by atoms with van der Waals surface area (Å²) >= 11 is 9.37. The van der Waals surface area contributed by atoms with E-state index < -0.39 is 0 Å². The van der Waals surface area contributed by atoms with Gasteiger partial charge in [0.2, 0.25) is 0 Å². The summed E-state index contributed by atoms with van der Waals surface area (Å²) in [5, 5.41) is 9.57. The molecule has 0 saturated heterocycles. The monoisotopic (exact) mass is 293 g/mol. The molecule has 3 nitrogen and oxygen atoms in total. The Morgan fingerprint density at radius 3 is 3.06 bits per heavy atom. The highest BCUT2D eigenvalue weighted by Gasteiger charge is 2.07. The SMILES string of the molecule is Clc1ccc(CSc2nncs2)c2ncccc12. The second-order valence-corrected chi connectivity index (χ2v) is 6.06. The second-order valence-electron chi connectivity index (χ2n) is 3.60. The van der Waals surface area contributed by atoms with Gasteiger partial charge in [0, 0.05) is 22.4 Å². The molecule has 0 N–H and O–H groups in total. The Hall–Kier alpha value is -1.17. The van der Waals surface area contributed by atoms with Crippen molar-refractivity contribution in [2.24, 2.45) is 0 Å². The van der Waals surface area contributed by atoms with Gasteiger partial charge in [-0.2, -0.15) is 0 Å². The summed E-state index contributed by atoms with van der Waals surface area (Å²) in [6.45, 7) is 0. The maximum Gasteiger partial charge on any atom is 0.174 e. The Labute approximate surface area is 117 Å². The van der Waals surface area contributed by atoms with Crippen molar-refractivity contribution in [2.45, 2.75) is 10.1 Å². The van der Waals surface area contributed by atoms with Crippen LogP contribution in [-0.4, -0.2) is 15.2 Å². The smallest absolute Gasteiger partial charge is 0.174 e. The van der Waals surface area contributed by atoms with E-state index >= 15 is 0 Å². The maximum absolute atomic E-state index is 6.16.